The number of esters is 2. The van der Waals surface area contributed by atoms with Crippen molar-refractivity contribution < 1.29 is 19.1 Å². The number of aromatic nitrogens is 2. The molecule has 2 rings (SSSR count). The minimum absolute atomic E-state index is 0.131. The molecule has 7 heteroatoms. The van der Waals surface area contributed by atoms with Gasteiger partial charge in [0.05, 0.1) is 30.4 Å². The van der Waals surface area contributed by atoms with Crippen LogP contribution in [0.2, 0.25) is 0 Å². The summed E-state index contributed by atoms with van der Waals surface area (Å²) in [5, 5.41) is 1.94. The Bertz CT molecular complexity index is 794. The molecule has 0 bridgehead atoms. The van der Waals surface area contributed by atoms with Gasteiger partial charge in [-0.2, -0.15) is 0 Å². The van der Waals surface area contributed by atoms with E-state index in [1.165, 1.54) is 38.1 Å². The minimum atomic E-state index is -0.548. The summed E-state index contributed by atoms with van der Waals surface area (Å²) in [5.41, 5.74) is 2.05. The fourth-order valence-electron chi connectivity index (χ4n) is 2.17. The second-order valence-electron chi connectivity index (χ2n) is 6.54. The van der Waals surface area contributed by atoms with Crippen molar-refractivity contribution in [3.05, 3.63) is 40.8 Å². The molecule has 0 N–H and O–H groups in total. The number of rotatable bonds is 3. The third kappa shape index (κ3) is 4.04. The lowest BCUT2D eigenvalue weighted by molar-refractivity contribution is -0.135. The second-order valence-corrected chi connectivity index (χ2v) is 7.42. The van der Waals surface area contributed by atoms with Crippen molar-refractivity contribution in [1.29, 1.82) is 0 Å². The zero-order valence-electron chi connectivity index (χ0n) is 15.2. The number of nitrogens with zero attached hydrogens (tertiary/aromatic N) is 2. The van der Waals surface area contributed by atoms with Crippen LogP contribution >= 0.6 is 11.8 Å². The maximum Gasteiger partial charge on any atom is 0.339 e. The van der Waals surface area contributed by atoms with Crippen LogP contribution in [0.25, 0.3) is 10.6 Å². The fraction of sp³-hybridized carbons (Fsp3) is 0.389. The first-order chi connectivity index (χ1) is 11.7. The predicted molar refractivity (Wildman–Crippen MR) is 98.6 cm³/mol. The molecule has 0 atom stereocenters. The third-order valence-electron chi connectivity index (χ3n) is 3.64. The molecule has 1 aliphatic heterocycles. The van der Waals surface area contributed by atoms with Gasteiger partial charge in [-0.1, -0.05) is 32.5 Å². The molecule has 25 heavy (non-hydrogen) atoms. The molecule has 6 nitrogen and oxygen atoms in total. The van der Waals surface area contributed by atoms with Gasteiger partial charge in [-0.3, -0.25) is 0 Å². The molecule has 1 aliphatic rings. The smallest absolute Gasteiger partial charge is 0.339 e. The van der Waals surface area contributed by atoms with Crippen LogP contribution in [0.15, 0.2) is 29.3 Å². The lowest BCUT2D eigenvalue weighted by Gasteiger charge is -2.17. The average molecular weight is 362 g/mol. The lowest BCUT2D eigenvalue weighted by Crippen LogP contribution is -2.11. The van der Waals surface area contributed by atoms with Crippen molar-refractivity contribution in [3.8, 4) is 0 Å². The van der Waals surface area contributed by atoms with E-state index in [4.69, 9.17) is 9.72 Å². The van der Waals surface area contributed by atoms with Crippen molar-refractivity contribution >= 4 is 34.3 Å². The molecular formula is C18H22N2O4S. The van der Waals surface area contributed by atoms with Crippen LogP contribution < -0.4 is 0 Å². The van der Waals surface area contributed by atoms with E-state index in [0.717, 1.165) is 11.4 Å². The highest BCUT2D eigenvalue weighted by atomic mass is 32.2. The molecule has 0 amide bonds. The topological polar surface area (TPSA) is 70.4 Å². The number of imidazole rings is 1. The molecule has 0 radical (unpaired) electrons. The molecule has 0 unspecified atom stereocenters. The molecule has 0 saturated heterocycles. The Labute approximate surface area is 151 Å². The summed E-state index contributed by atoms with van der Waals surface area (Å²) in [6, 6.07) is 0. The monoisotopic (exact) mass is 362 g/mol. The quantitative estimate of drug-likeness (QED) is 0.607. The number of ether oxygens (including phenoxy) is 2. The van der Waals surface area contributed by atoms with E-state index in [2.05, 4.69) is 25.5 Å². The predicted octanol–water partition coefficient (Wildman–Crippen LogP) is 3.36. The summed E-state index contributed by atoms with van der Waals surface area (Å²) in [4.78, 5) is 29.0. The largest absolute Gasteiger partial charge is 0.466 e. The first-order valence-corrected chi connectivity index (χ1v) is 8.59. The SMILES string of the molecule is COC(=O)/C=C/C(C(=O)OC)=C1\SC=C(C)n2cc(C(C)(C)C)nc21. The van der Waals surface area contributed by atoms with Gasteiger partial charge in [0, 0.05) is 23.4 Å². The van der Waals surface area contributed by atoms with Gasteiger partial charge in [0.1, 0.15) is 0 Å². The second kappa shape index (κ2) is 7.31. The average Bonchev–Trinajstić information content (AvgIpc) is 3.02. The van der Waals surface area contributed by atoms with Crippen LogP contribution in [0.4, 0.5) is 0 Å². The number of fused-ring (bicyclic) bond motifs is 1. The minimum Gasteiger partial charge on any atom is -0.466 e. The van der Waals surface area contributed by atoms with E-state index >= 15 is 0 Å². The van der Waals surface area contributed by atoms with Crippen LogP contribution in [0, 0.1) is 0 Å². The van der Waals surface area contributed by atoms with Gasteiger partial charge < -0.3 is 14.0 Å². The van der Waals surface area contributed by atoms with Crippen molar-refractivity contribution in [2.24, 2.45) is 0 Å². The molecule has 0 aromatic carbocycles. The van der Waals surface area contributed by atoms with Crippen LogP contribution in [0.5, 0.6) is 0 Å². The van der Waals surface area contributed by atoms with Crippen LogP contribution in [-0.2, 0) is 24.5 Å². The highest BCUT2D eigenvalue weighted by molar-refractivity contribution is 8.11. The summed E-state index contributed by atoms with van der Waals surface area (Å²) in [6.45, 7) is 8.21. The normalized spacial score (nSPS) is 16.3. The molecule has 1 aromatic heterocycles. The Balaban J connectivity index is 2.65. The molecule has 0 saturated carbocycles. The van der Waals surface area contributed by atoms with E-state index < -0.39 is 11.9 Å². The molecule has 2 heterocycles. The zero-order valence-corrected chi connectivity index (χ0v) is 16.1. The van der Waals surface area contributed by atoms with E-state index in [0.29, 0.717) is 10.7 Å². The summed E-state index contributed by atoms with van der Waals surface area (Å²) in [6.07, 6.45) is 4.58. The summed E-state index contributed by atoms with van der Waals surface area (Å²) in [7, 11) is 2.58. The third-order valence-corrected chi connectivity index (χ3v) is 4.74. The number of carbonyl (C=O) groups excluding carboxylic acids is 2. The molecule has 0 fully saturated rings. The number of thioether (sulfide) groups is 1. The van der Waals surface area contributed by atoms with Crippen molar-refractivity contribution in [2.45, 2.75) is 33.1 Å². The van der Waals surface area contributed by atoms with Gasteiger partial charge >= 0.3 is 11.9 Å². The van der Waals surface area contributed by atoms with Crippen molar-refractivity contribution in [1.82, 2.24) is 9.55 Å². The highest BCUT2D eigenvalue weighted by Gasteiger charge is 2.27. The van der Waals surface area contributed by atoms with E-state index in [1.54, 1.807) is 0 Å². The number of carbonyl (C=O) groups is 2. The first kappa shape index (κ1) is 19.1. The Hall–Kier alpha value is -2.28. The maximum absolute atomic E-state index is 12.3. The van der Waals surface area contributed by atoms with Gasteiger partial charge in [0.25, 0.3) is 0 Å². The number of hydrogen-bond donors (Lipinski definition) is 0. The van der Waals surface area contributed by atoms with Crippen LogP contribution in [-0.4, -0.2) is 35.7 Å². The van der Waals surface area contributed by atoms with E-state index in [-0.39, 0.29) is 11.0 Å². The zero-order chi connectivity index (χ0) is 18.8. The summed E-state index contributed by atoms with van der Waals surface area (Å²) >= 11 is 1.38. The molecule has 0 spiro atoms. The van der Waals surface area contributed by atoms with Gasteiger partial charge in [-0.15, -0.1) is 0 Å². The standard InChI is InChI=1S/C18H22N2O4S/c1-11-10-25-15(12(17(22)24-6)7-8-14(21)23-5)16-19-13(9-20(11)16)18(2,3)4/h7-10H,1-6H3/b8-7+,15-12+. The highest BCUT2D eigenvalue weighted by Crippen LogP contribution is 2.40. The van der Waals surface area contributed by atoms with E-state index in [9.17, 15) is 9.59 Å². The van der Waals surface area contributed by atoms with Crippen molar-refractivity contribution in [2.75, 3.05) is 14.2 Å². The Morgan fingerprint density at radius 1 is 1.20 bits per heavy atom. The van der Waals surface area contributed by atoms with Gasteiger partial charge in [0.2, 0.25) is 0 Å². The maximum atomic E-state index is 12.3. The lowest BCUT2D eigenvalue weighted by atomic mass is 9.93. The van der Waals surface area contributed by atoms with Crippen LogP contribution in [0.3, 0.4) is 0 Å². The Morgan fingerprint density at radius 2 is 1.88 bits per heavy atom. The molecule has 134 valence electrons. The number of hydrogen-bond acceptors (Lipinski definition) is 6. The van der Waals surface area contributed by atoms with Gasteiger partial charge in [-0.05, 0) is 18.4 Å². The molecule has 1 aromatic rings. The van der Waals surface area contributed by atoms with Gasteiger partial charge in [0.15, 0.2) is 5.82 Å². The summed E-state index contributed by atoms with van der Waals surface area (Å²) < 4.78 is 11.4. The van der Waals surface area contributed by atoms with Crippen LogP contribution in [0.1, 0.15) is 39.2 Å². The first-order valence-electron chi connectivity index (χ1n) is 7.71. The Kier molecular flexibility index (Phi) is 5.57. The molecular weight excluding hydrogens is 340 g/mol. The van der Waals surface area contributed by atoms with Gasteiger partial charge in [-0.25, -0.2) is 14.6 Å². The Morgan fingerprint density at radius 3 is 2.44 bits per heavy atom. The number of methoxy groups -OCH3 is 2. The number of allylic oxidation sites excluding steroid dienone is 1. The summed E-state index contributed by atoms with van der Waals surface area (Å²) in [5.74, 6) is -0.430. The van der Waals surface area contributed by atoms with E-state index in [1.807, 2.05) is 23.1 Å². The molecule has 0 aliphatic carbocycles. The van der Waals surface area contributed by atoms with Crippen molar-refractivity contribution in [3.63, 3.8) is 0 Å². The fourth-order valence-corrected chi connectivity index (χ4v) is 3.10.